The summed E-state index contributed by atoms with van der Waals surface area (Å²) in [6.45, 7) is 0. The molecule has 7 aromatic carbocycles. The lowest BCUT2D eigenvalue weighted by Crippen LogP contribution is -2.60. The highest BCUT2D eigenvalue weighted by atomic mass is 16.7. The highest BCUT2D eigenvalue weighted by Gasteiger charge is 2.67. The van der Waals surface area contributed by atoms with Crippen molar-refractivity contribution >= 4 is 45.6 Å². The van der Waals surface area contributed by atoms with Crippen LogP contribution in [0.5, 0.6) is 23.0 Å². The minimum absolute atomic E-state index is 0.321. The van der Waals surface area contributed by atoms with E-state index in [-0.39, 0.29) is 11.8 Å². The molecular weight excluding hydrogens is 877 g/mol. The predicted octanol–water partition coefficient (Wildman–Crippen LogP) is 13.5. The maximum atomic E-state index is 7.28. The number of nitrogens with zero attached hydrogens (tertiary/aromatic N) is 2. The van der Waals surface area contributed by atoms with Crippen molar-refractivity contribution in [1.29, 1.82) is 0 Å². The molecule has 10 heteroatoms. The van der Waals surface area contributed by atoms with E-state index in [9.17, 15) is 0 Å². The van der Waals surface area contributed by atoms with Gasteiger partial charge < -0.3 is 47.7 Å². The second kappa shape index (κ2) is 18.0. The van der Waals surface area contributed by atoms with Gasteiger partial charge in [0.15, 0.2) is 0 Å². The largest absolute Gasteiger partial charge is 0.497 e. The summed E-state index contributed by atoms with van der Waals surface area (Å²) < 4.78 is 49.9. The molecule has 4 aliphatic rings. The second-order valence-electron chi connectivity index (χ2n) is 17.4. The fraction of sp³-hybridized carbons (Fsp3) is 0.167. The van der Waals surface area contributed by atoms with Crippen molar-refractivity contribution in [2.75, 3.05) is 52.5 Å². The number of allylic oxidation sites excluding steroid dienone is 4. The van der Waals surface area contributed by atoms with E-state index in [1.54, 1.807) is 42.7 Å². The molecule has 0 bridgehead atoms. The summed E-state index contributed by atoms with van der Waals surface area (Å²) in [5, 5.41) is 0. The Morgan fingerprint density at radius 2 is 0.629 bits per heavy atom. The molecule has 0 aromatic heterocycles. The van der Waals surface area contributed by atoms with Crippen molar-refractivity contribution in [2.24, 2.45) is 11.8 Å². The van der Waals surface area contributed by atoms with Gasteiger partial charge in [-0.2, -0.15) is 0 Å². The number of fused-ring (bicyclic) bond motifs is 3. The van der Waals surface area contributed by atoms with Crippen LogP contribution in [-0.4, -0.2) is 42.7 Å². The minimum atomic E-state index is -1.21. The molecule has 10 nitrogen and oxygen atoms in total. The summed E-state index contributed by atoms with van der Waals surface area (Å²) >= 11 is 0. The summed E-state index contributed by atoms with van der Waals surface area (Å²) in [7, 11) is 10.2. The van der Waals surface area contributed by atoms with Crippen LogP contribution in [-0.2, 0) is 30.5 Å². The molecule has 0 saturated carbocycles. The van der Waals surface area contributed by atoms with Crippen LogP contribution in [0.15, 0.2) is 205 Å². The molecule has 0 radical (unpaired) electrons. The predicted molar refractivity (Wildman–Crippen MR) is 274 cm³/mol. The van der Waals surface area contributed by atoms with E-state index >= 15 is 0 Å². The third kappa shape index (κ3) is 7.35. The molecule has 2 aliphatic carbocycles. The zero-order valence-corrected chi connectivity index (χ0v) is 39.8. The Labute approximate surface area is 408 Å². The van der Waals surface area contributed by atoms with Crippen molar-refractivity contribution in [3.63, 3.8) is 0 Å². The normalized spacial score (nSPS) is 20.4. The van der Waals surface area contributed by atoms with Gasteiger partial charge in [-0.25, -0.2) is 0 Å². The second-order valence-corrected chi connectivity index (χ2v) is 17.4. The lowest BCUT2D eigenvalue weighted by atomic mass is 9.59. The molecule has 350 valence electrons. The highest BCUT2D eigenvalue weighted by molar-refractivity contribution is 5.81. The standard InChI is InChI=1S/C60H52N2O8/c1-63-49-29-21-45(22-30-49)61(46-23-31-50(64-2)32-24-46)43-17-13-39(14-18-43)55-37-41-11-12-42-38-56(70-60(68-6)54-10-8-7-9-53(54)59(67-5,69-55)57(41)58(42)60)40-15-19-44(20-16-40)62(47-25-33-51(65-3)34-26-47)48-27-35-52(66-4)36-28-48/h7-38,57-58H,1-6H3. The Balaban J connectivity index is 0.969. The molecule has 0 fully saturated rings. The number of anilines is 6. The number of rotatable bonds is 14. The summed E-state index contributed by atoms with van der Waals surface area (Å²) in [6.07, 6.45) is 8.65. The Bertz CT molecular complexity index is 2850. The summed E-state index contributed by atoms with van der Waals surface area (Å²) in [6, 6.07) is 57.2. The van der Waals surface area contributed by atoms with Gasteiger partial charge in [0, 0.05) is 70.6 Å². The average molecular weight is 929 g/mol. The first kappa shape index (κ1) is 44.3. The van der Waals surface area contributed by atoms with Crippen LogP contribution in [0.1, 0.15) is 22.3 Å². The highest BCUT2D eigenvalue weighted by Crippen LogP contribution is 2.65. The molecule has 70 heavy (non-hydrogen) atoms. The number of methoxy groups -OCH3 is 6. The summed E-state index contributed by atoms with van der Waals surface area (Å²) in [5.41, 5.74) is 11.5. The fourth-order valence-corrected chi connectivity index (χ4v) is 10.5. The molecule has 11 rings (SSSR count). The number of hydrogen-bond donors (Lipinski definition) is 0. The molecule has 7 aromatic rings. The molecule has 0 N–H and O–H groups in total. The molecule has 4 atom stereocenters. The van der Waals surface area contributed by atoms with Crippen molar-refractivity contribution in [2.45, 2.75) is 11.6 Å². The van der Waals surface area contributed by atoms with Crippen LogP contribution in [0.25, 0.3) is 11.5 Å². The molecular formula is C60H52N2O8. The zero-order valence-electron chi connectivity index (χ0n) is 39.8. The van der Waals surface area contributed by atoms with Gasteiger partial charge in [-0.15, -0.1) is 0 Å². The SMILES string of the molecule is COc1ccc(N(c2ccc(OC)cc2)c2ccc(C3=CC4=CC=C5C=C(c6ccc(N(c7ccc(OC)cc7)c7ccc(OC)cc7)cc6)OC6(OC)c7ccccc7C(OC)(O3)C4C56)cc2)cc1. The van der Waals surface area contributed by atoms with E-state index in [0.717, 1.165) is 90.5 Å². The van der Waals surface area contributed by atoms with Crippen molar-refractivity contribution < 1.29 is 37.9 Å². The lowest BCUT2D eigenvalue weighted by Gasteiger charge is -2.58. The quantitative estimate of drug-likeness (QED) is 0.105. The van der Waals surface area contributed by atoms with Crippen LogP contribution in [0, 0.1) is 11.8 Å². The maximum Gasteiger partial charge on any atom is 0.245 e. The van der Waals surface area contributed by atoms with Crippen LogP contribution in [0.2, 0.25) is 0 Å². The monoisotopic (exact) mass is 928 g/mol. The maximum absolute atomic E-state index is 7.28. The van der Waals surface area contributed by atoms with Gasteiger partial charge in [0.2, 0.25) is 11.6 Å². The Kier molecular flexibility index (Phi) is 11.4. The van der Waals surface area contributed by atoms with Crippen molar-refractivity contribution in [1.82, 2.24) is 0 Å². The summed E-state index contributed by atoms with van der Waals surface area (Å²) in [5.74, 6) is 1.47. The molecule has 0 spiro atoms. The molecule has 4 unspecified atom stereocenters. The first-order valence-corrected chi connectivity index (χ1v) is 23.1. The van der Waals surface area contributed by atoms with Gasteiger partial charge in [-0.1, -0.05) is 36.4 Å². The van der Waals surface area contributed by atoms with E-state index in [1.165, 1.54) is 0 Å². The third-order valence-corrected chi connectivity index (χ3v) is 13.9. The topological polar surface area (TPSA) is 80.3 Å². The van der Waals surface area contributed by atoms with E-state index in [2.05, 4.69) is 143 Å². The Morgan fingerprint density at radius 1 is 0.357 bits per heavy atom. The van der Waals surface area contributed by atoms with Crippen LogP contribution >= 0.6 is 0 Å². The Hall–Kier alpha value is -8.18. The minimum Gasteiger partial charge on any atom is -0.497 e. The van der Waals surface area contributed by atoms with Gasteiger partial charge in [-0.05, 0) is 169 Å². The zero-order chi connectivity index (χ0) is 48.0. The van der Waals surface area contributed by atoms with Gasteiger partial charge in [0.05, 0.1) is 40.3 Å². The third-order valence-electron chi connectivity index (χ3n) is 13.9. The number of ether oxygens (including phenoxy) is 8. The first-order valence-electron chi connectivity index (χ1n) is 23.1. The van der Waals surface area contributed by atoms with Gasteiger partial charge >= 0.3 is 0 Å². The van der Waals surface area contributed by atoms with Crippen molar-refractivity contribution in [3.05, 3.63) is 228 Å². The first-order chi connectivity index (χ1) is 34.3. The smallest absolute Gasteiger partial charge is 0.245 e. The lowest BCUT2D eigenvalue weighted by molar-refractivity contribution is -0.302. The van der Waals surface area contributed by atoms with E-state index < -0.39 is 11.6 Å². The number of benzene rings is 7. The average Bonchev–Trinajstić information content (AvgIpc) is 3.43. The van der Waals surface area contributed by atoms with Crippen molar-refractivity contribution in [3.8, 4) is 23.0 Å². The Morgan fingerprint density at radius 3 is 0.886 bits per heavy atom. The van der Waals surface area contributed by atoms with Gasteiger partial charge in [-0.3, -0.25) is 0 Å². The number of hydrogen-bond acceptors (Lipinski definition) is 10. The molecule has 0 amide bonds. The fourth-order valence-electron chi connectivity index (χ4n) is 10.5. The molecule has 0 saturated heterocycles. The molecule has 2 aliphatic heterocycles. The van der Waals surface area contributed by atoms with Gasteiger partial charge in [0.25, 0.3) is 0 Å². The molecule has 2 heterocycles. The van der Waals surface area contributed by atoms with E-state index in [4.69, 9.17) is 37.9 Å². The van der Waals surface area contributed by atoms with Crippen LogP contribution in [0.3, 0.4) is 0 Å². The summed E-state index contributed by atoms with van der Waals surface area (Å²) in [4.78, 5) is 4.39. The van der Waals surface area contributed by atoms with E-state index in [1.807, 2.05) is 60.7 Å². The van der Waals surface area contributed by atoms with Crippen LogP contribution in [0.4, 0.5) is 34.1 Å². The van der Waals surface area contributed by atoms with E-state index in [0.29, 0.717) is 11.5 Å². The van der Waals surface area contributed by atoms with Gasteiger partial charge in [0.1, 0.15) is 34.5 Å². The van der Waals surface area contributed by atoms with Crippen LogP contribution < -0.4 is 28.7 Å².